The van der Waals surface area contributed by atoms with Gasteiger partial charge in [-0.15, -0.1) is 0 Å². The summed E-state index contributed by atoms with van der Waals surface area (Å²) in [6, 6.07) is 0. The first-order valence-corrected chi connectivity index (χ1v) is 18.8. The SMILES string of the molecule is CC(C)CCC[C@@H](C)[C@H]1CC[C@H]2[C@@H]3CC=C4CC(OC(=O)[C@H](C)OP(=O)(O)OCC[N+](C)(C)C)CC[C@]4(C)[C@H]3CC[C@]12C.[OH-]. The van der Waals surface area contributed by atoms with E-state index in [-0.39, 0.29) is 23.6 Å². The highest BCUT2D eigenvalue weighted by Crippen LogP contribution is 2.67. The maximum atomic E-state index is 12.9. The molecule has 9 heteroatoms. The van der Waals surface area contributed by atoms with Gasteiger partial charge in [-0.25, -0.2) is 9.36 Å². The number of carbonyl (C=O) groups is 1. The summed E-state index contributed by atoms with van der Waals surface area (Å²) in [6.07, 6.45) is 14.4. The van der Waals surface area contributed by atoms with E-state index in [2.05, 4.69) is 40.7 Å². The number of carbonyl (C=O) groups excluding carboxylic acids is 1. The zero-order valence-electron chi connectivity index (χ0n) is 29.2. The minimum atomic E-state index is -4.35. The minimum absolute atomic E-state index is 0. The first-order valence-electron chi connectivity index (χ1n) is 17.3. The standard InChI is InChI=1S/C35H62NO6P.H2O/c1-24(2)11-10-12-25(3)30-15-16-31-29-14-13-27-23-28(17-19-34(27,5)32(29)18-20-35(30,31)6)41-33(37)26(4)42-43(38,39)40-22-21-36(7,8)9;/h13,24-26,28-32H,10-12,14-23H2,1-9H3;1H2/t25-,26+,28?,29+,30-,31+,32+,34+,35-;/m1./s1. The second-order valence-corrected chi connectivity index (χ2v) is 18.1. The van der Waals surface area contributed by atoms with Gasteiger partial charge in [0, 0.05) is 6.42 Å². The summed E-state index contributed by atoms with van der Waals surface area (Å²) in [5.74, 6) is 4.19. The molecule has 2 unspecified atom stereocenters. The molecular formula is C35H64NO7P. The van der Waals surface area contributed by atoms with Crippen molar-refractivity contribution in [3.63, 3.8) is 0 Å². The Hall–Kier alpha value is -0.760. The van der Waals surface area contributed by atoms with Gasteiger partial charge in [0.1, 0.15) is 19.3 Å². The van der Waals surface area contributed by atoms with Crippen molar-refractivity contribution in [3.05, 3.63) is 11.6 Å². The third-order valence-electron chi connectivity index (χ3n) is 12.2. The van der Waals surface area contributed by atoms with Gasteiger partial charge in [0.25, 0.3) is 0 Å². The van der Waals surface area contributed by atoms with E-state index in [1.165, 1.54) is 57.4 Å². The Morgan fingerprint density at radius 1 is 1.05 bits per heavy atom. The van der Waals surface area contributed by atoms with Crippen LogP contribution in [0.5, 0.6) is 0 Å². The van der Waals surface area contributed by atoms with Crippen LogP contribution in [0.4, 0.5) is 0 Å². The zero-order valence-corrected chi connectivity index (χ0v) is 30.1. The topological polar surface area (TPSA) is 112 Å². The van der Waals surface area contributed by atoms with Crippen molar-refractivity contribution < 1.29 is 38.0 Å². The summed E-state index contributed by atoms with van der Waals surface area (Å²) in [7, 11) is 1.55. The van der Waals surface area contributed by atoms with Crippen molar-refractivity contribution >= 4 is 13.8 Å². The highest BCUT2D eigenvalue weighted by molar-refractivity contribution is 7.47. The average molecular weight is 642 g/mol. The van der Waals surface area contributed by atoms with Gasteiger partial charge in [0.2, 0.25) is 0 Å². The van der Waals surface area contributed by atoms with Crippen LogP contribution in [0, 0.1) is 46.3 Å². The molecule has 3 saturated carbocycles. The second kappa shape index (κ2) is 14.6. The summed E-state index contributed by atoms with van der Waals surface area (Å²) < 4.78 is 29.1. The monoisotopic (exact) mass is 641 g/mol. The summed E-state index contributed by atoms with van der Waals surface area (Å²) in [5.41, 5.74) is 2.12. The Balaban J connectivity index is 0.00000529. The smallest absolute Gasteiger partial charge is 0.473 e. The van der Waals surface area contributed by atoms with Gasteiger partial charge in [0.05, 0.1) is 21.1 Å². The summed E-state index contributed by atoms with van der Waals surface area (Å²) in [4.78, 5) is 23.0. The van der Waals surface area contributed by atoms with Crippen LogP contribution in [0.25, 0.3) is 0 Å². The third-order valence-corrected chi connectivity index (χ3v) is 13.3. The molecule has 10 atom stereocenters. The summed E-state index contributed by atoms with van der Waals surface area (Å²) >= 11 is 0. The zero-order chi connectivity index (χ0) is 31.8. The van der Waals surface area contributed by atoms with Crippen LogP contribution >= 0.6 is 7.82 Å². The average Bonchev–Trinajstić information content (AvgIpc) is 3.24. The predicted molar refractivity (Wildman–Crippen MR) is 174 cm³/mol. The van der Waals surface area contributed by atoms with E-state index < -0.39 is 19.9 Å². The minimum Gasteiger partial charge on any atom is -0.870 e. The van der Waals surface area contributed by atoms with Crippen molar-refractivity contribution in [1.82, 2.24) is 0 Å². The van der Waals surface area contributed by atoms with E-state index in [0.29, 0.717) is 22.4 Å². The quantitative estimate of drug-likeness (QED) is 0.0939. The molecule has 0 radical (unpaired) electrons. The molecule has 0 spiro atoms. The van der Waals surface area contributed by atoms with E-state index in [9.17, 15) is 14.3 Å². The van der Waals surface area contributed by atoms with Gasteiger partial charge >= 0.3 is 13.8 Å². The molecule has 2 N–H and O–H groups in total. The van der Waals surface area contributed by atoms with Crippen LogP contribution in [0.3, 0.4) is 0 Å². The molecule has 4 aliphatic carbocycles. The number of nitrogens with zero attached hydrogens (tertiary/aromatic N) is 1. The van der Waals surface area contributed by atoms with Crippen molar-refractivity contribution in [1.29, 1.82) is 0 Å². The first-order chi connectivity index (χ1) is 19.9. The molecule has 0 aromatic carbocycles. The van der Waals surface area contributed by atoms with E-state index in [0.717, 1.165) is 55.3 Å². The molecule has 4 aliphatic rings. The number of esters is 1. The van der Waals surface area contributed by atoms with Crippen LogP contribution in [-0.2, 0) is 23.1 Å². The van der Waals surface area contributed by atoms with Gasteiger partial charge in [-0.3, -0.25) is 9.05 Å². The fourth-order valence-electron chi connectivity index (χ4n) is 9.72. The molecule has 0 amide bonds. The number of hydrogen-bond acceptors (Lipinski definition) is 6. The number of rotatable bonds is 13. The first kappa shape index (κ1) is 37.7. The van der Waals surface area contributed by atoms with Crippen LogP contribution < -0.4 is 0 Å². The molecule has 0 aromatic heterocycles. The molecule has 0 heterocycles. The number of fused-ring (bicyclic) bond motifs is 5. The molecule has 256 valence electrons. The largest absolute Gasteiger partial charge is 0.870 e. The molecule has 8 nitrogen and oxygen atoms in total. The Morgan fingerprint density at radius 2 is 1.75 bits per heavy atom. The van der Waals surface area contributed by atoms with Crippen LogP contribution in [0.15, 0.2) is 11.6 Å². The Kier molecular flexibility index (Phi) is 12.5. The van der Waals surface area contributed by atoms with E-state index in [4.69, 9.17) is 13.8 Å². The molecule has 0 bridgehead atoms. The lowest BCUT2D eigenvalue weighted by Crippen LogP contribution is -2.51. The summed E-state index contributed by atoms with van der Waals surface area (Å²) in [6.45, 7) is 14.4. The Morgan fingerprint density at radius 3 is 2.41 bits per heavy atom. The maximum absolute atomic E-state index is 12.9. The van der Waals surface area contributed by atoms with Crippen molar-refractivity contribution in [2.75, 3.05) is 34.3 Å². The fraction of sp³-hybridized carbons (Fsp3) is 0.914. The number of allylic oxidation sites excluding steroid dienone is 1. The van der Waals surface area contributed by atoms with E-state index >= 15 is 0 Å². The van der Waals surface area contributed by atoms with Crippen LogP contribution in [0.2, 0.25) is 0 Å². The van der Waals surface area contributed by atoms with Crippen molar-refractivity contribution in [3.8, 4) is 0 Å². The van der Waals surface area contributed by atoms with Crippen LogP contribution in [-0.4, -0.2) is 67.3 Å². The van der Waals surface area contributed by atoms with E-state index in [1.54, 1.807) is 0 Å². The van der Waals surface area contributed by atoms with Crippen molar-refractivity contribution in [2.45, 2.75) is 124 Å². The van der Waals surface area contributed by atoms with Gasteiger partial charge in [-0.05, 0) is 98.2 Å². The Labute approximate surface area is 268 Å². The van der Waals surface area contributed by atoms with Gasteiger partial charge in [-0.1, -0.05) is 65.5 Å². The molecule has 3 fully saturated rings. The lowest BCUT2D eigenvalue weighted by Gasteiger charge is -2.58. The molecule has 0 saturated heterocycles. The number of hydrogen-bond donors (Lipinski definition) is 1. The third kappa shape index (κ3) is 8.58. The van der Waals surface area contributed by atoms with Crippen LogP contribution in [0.1, 0.15) is 112 Å². The number of phosphoric acid groups is 1. The molecule has 4 rings (SSSR count). The number of quaternary nitrogens is 1. The predicted octanol–water partition coefficient (Wildman–Crippen LogP) is 7.99. The second-order valence-electron chi connectivity index (χ2n) is 16.7. The molecular weight excluding hydrogens is 577 g/mol. The fourth-order valence-corrected chi connectivity index (χ4v) is 10.6. The van der Waals surface area contributed by atoms with Gasteiger partial charge in [0.15, 0.2) is 6.10 Å². The highest BCUT2D eigenvalue weighted by Gasteiger charge is 2.59. The number of likely N-dealkylation sites (N-methyl/N-ethyl adjacent to an activating group) is 1. The van der Waals surface area contributed by atoms with E-state index in [1.807, 2.05) is 21.1 Å². The molecule has 0 aliphatic heterocycles. The lowest BCUT2D eigenvalue weighted by atomic mass is 9.47. The van der Waals surface area contributed by atoms with Crippen molar-refractivity contribution in [2.24, 2.45) is 46.3 Å². The van der Waals surface area contributed by atoms with Gasteiger partial charge < -0.3 is 19.6 Å². The lowest BCUT2D eigenvalue weighted by molar-refractivity contribution is -0.870. The molecule has 0 aromatic rings. The summed E-state index contributed by atoms with van der Waals surface area (Å²) in [5, 5.41) is 0. The number of phosphoric ester groups is 1. The van der Waals surface area contributed by atoms with Gasteiger partial charge in [-0.2, -0.15) is 0 Å². The normalized spacial score (nSPS) is 36.2. The number of ether oxygens (including phenoxy) is 1. The maximum Gasteiger partial charge on any atom is 0.473 e. The highest BCUT2D eigenvalue weighted by atomic mass is 31.2. The molecule has 44 heavy (non-hydrogen) atoms. The Bertz CT molecular complexity index is 1060.